The summed E-state index contributed by atoms with van der Waals surface area (Å²) in [6.45, 7) is 3.31. The summed E-state index contributed by atoms with van der Waals surface area (Å²) >= 11 is 1.62. The molecule has 1 amide bonds. The number of nitrogens with one attached hydrogen (secondary N) is 2. The van der Waals surface area contributed by atoms with Crippen molar-refractivity contribution in [3.63, 3.8) is 0 Å². The monoisotopic (exact) mass is 456 g/mol. The van der Waals surface area contributed by atoms with Gasteiger partial charge in [-0.15, -0.1) is 5.10 Å². The highest BCUT2D eigenvalue weighted by Crippen LogP contribution is 2.31. The van der Waals surface area contributed by atoms with Crippen molar-refractivity contribution in [1.29, 1.82) is 0 Å². The normalized spacial score (nSPS) is 10.7. The number of hydrogen-bond acceptors (Lipinski definition) is 8. The fourth-order valence-electron chi connectivity index (χ4n) is 2.92. The molecule has 0 saturated carbocycles. The van der Waals surface area contributed by atoms with Crippen molar-refractivity contribution in [2.45, 2.75) is 25.0 Å². The number of aryl methyl sites for hydroxylation is 2. The van der Waals surface area contributed by atoms with Crippen LogP contribution in [0.5, 0.6) is 11.5 Å². The summed E-state index contributed by atoms with van der Waals surface area (Å²) < 4.78 is 12.9. The van der Waals surface area contributed by atoms with Crippen LogP contribution in [-0.2, 0) is 18.4 Å². The molecule has 0 atom stereocenters. The molecular weight excluding hydrogens is 428 g/mol. The van der Waals surface area contributed by atoms with Gasteiger partial charge in [-0.05, 0) is 48.5 Å². The Hall–Kier alpha value is -3.11. The van der Waals surface area contributed by atoms with Crippen LogP contribution >= 0.6 is 11.8 Å². The van der Waals surface area contributed by atoms with E-state index in [4.69, 9.17) is 9.47 Å². The maximum absolute atomic E-state index is 12.3. The van der Waals surface area contributed by atoms with Crippen LogP contribution in [0, 0.1) is 6.92 Å². The molecule has 0 aliphatic carbocycles. The molecule has 2 N–H and O–H groups in total. The zero-order valence-electron chi connectivity index (χ0n) is 18.5. The fourth-order valence-corrected chi connectivity index (χ4v) is 3.71. The Labute approximate surface area is 191 Å². The van der Waals surface area contributed by atoms with E-state index in [0.29, 0.717) is 18.0 Å². The van der Waals surface area contributed by atoms with Gasteiger partial charge >= 0.3 is 0 Å². The molecule has 0 aliphatic rings. The van der Waals surface area contributed by atoms with Gasteiger partial charge < -0.3 is 20.1 Å². The number of carbonyl (C=O) groups excluding carboxylic acids is 1. The van der Waals surface area contributed by atoms with E-state index in [1.807, 2.05) is 56.4 Å². The predicted molar refractivity (Wildman–Crippen MR) is 124 cm³/mol. The second-order valence-electron chi connectivity index (χ2n) is 7.12. The number of anilines is 1. The van der Waals surface area contributed by atoms with E-state index in [1.165, 1.54) is 0 Å². The molecule has 9 nitrogen and oxygen atoms in total. The Morgan fingerprint density at radius 2 is 2.00 bits per heavy atom. The average molecular weight is 457 g/mol. The van der Waals surface area contributed by atoms with E-state index in [2.05, 4.69) is 26.2 Å². The number of aromatic nitrogens is 4. The number of benzene rings is 2. The molecule has 3 rings (SSSR count). The molecule has 1 heterocycles. The molecule has 0 saturated heterocycles. The first-order chi connectivity index (χ1) is 15.6. The average Bonchev–Trinajstić information content (AvgIpc) is 3.21. The standard InChI is InChI=1S/C22H28N6O3S/c1-16-8-10-18(11-9-16)24-20(29)15-31-21-17(6-4-7-19(21)30-3)14-23-12-5-13-32-22-25-26-27-28(22)2/h4,6-11,23H,5,12-15H2,1-3H3,(H,24,29). The Morgan fingerprint density at radius 3 is 2.72 bits per heavy atom. The topological polar surface area (TPSA) is 103 Å². The van der Waals surface area contributed by atoms with E-state index in [0.717, 1.165) is 40.7 Å². The molecular formula is C22H28N6O3S. The predicted octanol–water partition coefficient (Wildman–Crippen LogP) is 2.82. The molecule has 10 heteroatoms. The lowest BCUT2D eigenvalue weighted by Gasteiger charge is -2.15. The molecule has 2 aromatic carbocycles. The summed E-state index contributed by atoms with van der Waals surface area (Å²) in [6.07, 6.45) is 0.955. The lowest BCUT2D eigenvalue weighted by Crippen LogP contribution is -2.21. The molecule has 0 spiro atoms. The van der Waals surface area contributed by atoms with Crippen molar-refractivity contribution in [1.82, 2.24) is 25.5 Å². The quantitative estimate of drug-likeness (QED) is 0.317. The van der Waals surface area contributed by atoms with E-state index in [9.17, 15) is 4.79 Å². The molecule has 3 aromatic rings. The molecule has 0 bridgehead atoms. The van der Waals surface area contributed by atoms with E-state index in [1.54, 1.807) is 23.6 Å². The highest BCUT2D eigenvalue weighted by molar-refractivity contribution is 7.99. The number of thioether (sulfide) groups is 1. The van der Waals surface area contributed by atoms with Crippen molar-refractivity contribution >= 4 is 23.4 Å². The largest absolute Gasteiger partial charge is 0.493 e. The maximum atomic E-state index is 12.3. The third kappa shape index (κ3) is 6.96. The molecule has 0 fully saturated rings. The van der Waals surface area contributed by atoms with Crippen LogP contribution < -0.4 is 20.1 Å². The second-order valence-corrected chi connectivity index (χ2v) is 8.18. The third-order valence-electron chi connectivity index (χ3n) is 4.59. The maximum Gasteiger partial charge on any atom is 0.262 e. The highest BCUT2D eigenvalue weighted by Gasteiger charge is 2.13. The number of rotatable bonds is 12. The van der Waals surface area contributed by atoms with Gasteiger partial charge in [0.2, 0.25) is 5.16 Å². The number of methoxy groups -OCH3 is 1. The fraction of sp³-hybridized carbons (Fsp3) is 0.364. The number of carbonyl (C=O) groups is 1. The summed E-state index contributed by atoms with van der Waals surface area (Å²) in [7, 11) is 3.41. The van der Waals surface area contributed by atoms with Crippen LogP contribution in [0.25, 0.3) is 0 Å². The minimum absolute atomic E-state index is 0.108. The molecule has 32 heavy (non-hydrogen) atoms. The summed E-state index contributed by atoms with van der Waals surface area (Å²) in [5.74, 6) is 1.84. The zero-order chi connectivity index (χ0) is 22.8. The van der Waals surface area contributed by atoms with Gasteiger partial charge in [-0.25, -0.2) is 4.68 Å². The number of amides is 1. The van der Waals surface area contributed by atoms with Gasteiger partial charge in [0.05, 0.1) is 7.11 Å². The van der Waals surface area contributed by atoms with Crippen molar-refractivity contribution < 1.29 is 14.3 Å². The van der Waals surface area contributed by atoms with Gasteiger partial charge in [0.25, 0.3) is 5.91 Å². The van der Waals surface area contributed by atoms with Gasteiger partial charge in [0.15, 0.2) is 18.1 Å². The number of ether oxygens (including phenoxy) is 2. The van der Waals surface area contributed by atoms with Gasteiger partial charge in [0.1, 0.15) is 0 Å². The van der Waals surface area contributed by atoms with Gasteiger partial charge in [-0.1, -0.05) is 41.6 Å². The summed E-state index contributed by atoms with van der Waals surface area (Å²) in [5, 5.41) is 18.5. The smallest absolute Gasteiger partial charge is 0.262 e. The number of nitrogens with zero attached hydrogens (tertiary/aromatic N) is 4. The van der Waals surface area contributed by atoms with Gasteiger partial charge in [-0.3, -0.25) is 4.79 Å². The van der Waals surface area contributed by atoms with Gasteiger partial charge in [0, 0.05) is 30.6 Å². The van der Waals surface area contributed by atoms with Gasteiger partial charge in [-0.2, -0.15) is 0 Å². The third-order valence-corrected chi connectivity index (χ3v) is 5.69. The number of hydrogen-bond donors (Lipinski definition) is 2. The van der Waals surface area contributed by atoms with Crippen LogP contribution in [0.1, 0.15) is 17.5 Å². The van der Waals surface area contributed by atoms with Crippen molar-refractivity contribution in [2.75, 3.05) is 31.3 Å². The van der Waals surface area contributed by atoms with Crippen LogP contribution in [0.3, 0.4) is 0 Å². The molecule has 0 aliphatic heterocycles. The molecule has 1 aromatic heterocycles. The minimum atomic E-state index is -0.228. The Morgan fingerprint density at radius 1 is 1.19 bits per heavy atom. The summed E-state index contributed by atoms with van der Waals surface area (Å²) in [6, 6.07) is 13.3. The first-order valence-electron chi connectivity index (χ1n) is 10.3. The SMILES string of the molecule is COc1cccc(CNCCCSc2nnnn2C)c1OCC(=O)Nc1ccc(C)cc1. The summed E-state index contributed by atoms with van der Waals surface area (Å²) in [4.78, 5) is 12.3. The van der Waals surface area contributed by atoms with Crippen LogP contribution in [0.4, 0.5) is 5.69 Å². The van der Waals surface area contributed by atoms with Crippen molar-refractivity contribution in [2.24, 2.45) is 7.05 Å². The Bertz CT molecular complexity index is 1010. The van der Waals surface area contributed by atoms with Crippen molar-refractivity contribution in [3.05, 3.63) is 53.6 Å². The first-order valence-corrected chi connectivity index (χ1v) is 11.3. The van der Waals surface area contributed by atoms with E-state index >= 15 is 0 Å². The van der Waals surface area contributed by atoms with E-state index < -0.39 is 0 Å². The highest BCUT2D eigenvalue weighted by atomic mass is 32.2. The number of para-hydroxylation sites is 1. The lowest BCUT2D eigenvalue weighted by molar-refractivity contribution is -0.118. The zero-order valence-corrected chi connectivity index (χ0v) is 19.3. The van der Waals surface area contributed by atoms with Crippen molar-refractivity contribution in [3.8, 4) is 11.5 Å². The molecule has 0 unspecified atom stereocenters. The molecule has 0 radical (unpaired) electrons. The van der Waals surface area contributed by atoms with Crippen LogP contribution in [0.15, 0.2) is 47.6 Å². The Kier molecular flexibility index (Phi) is 8.88. The number of tetrazole rings is 1. The van der Waals surface area contributed by atoms with Crippen LogP contribution in [-0.4, -0.2) is 52.1 Å². The summed E-state index contributed by atoms with van der Waals surface area (Å²) in [5.41, 5.74) is 2.80. The first kappa shape index (κ1) is 23.6. The Balaban J connectivity index is 1.48. The molecule has 170 valence electrons. The van der Waals surface area contributed by atoms with Crippen LogP contribution in [0.2, 0.25) is 0 Å². The minimum Gasteiger partial charge on any atom is -0.493 e. The second kappa shape index (κ2) is 12.1. The lowest BCUT2D eigenvalue weighted by atomic mass is 10.2. The van der Waals surface area contributed by atoms with E-state index in [-0.39, 0.29) is 12.5 Å².